The van der Waals surface area contributed by atoms with E-state index < -0.39 is 124 Å². The molecule has 12 N–H and O–H groups in total. The van der Waals surface area contributed by atoms with Crippen molar-refractivity contribution in [3.63, 3.8) is 0 Å². The van der Waals surface area contributed by atoms with Gasteiger partial charge in [0.15, 0.2) is 18.9 Å². The van der Waals surface area contributed by atoms with Crippen LogP contribution in [0.2, 0.25) is 0 Å². The first-order valence-electron chi connectivity index (χ1n) is 27.4. The highest BCUT2D eigenvalue weighted by molar-refractivity contribution is 5.76. The number of amides is 1. The van der Waals surface area contributed by atoms with Crippen molar-refractivity contribution in [1.29, 1.82) is 0 Å². The molecule has 3 aliphatic heterocycles. The Labute approximate surface area is 433 Å². The minimum atomic E-state index is -1.98. The third kappa shape index (κ3) is 23.5. The molecule has 3 heterocycles. The van der Waals surface area contributed by atoms with Crippen LogP contribution >= 0.6 is 0 Å². The summed E-state index contributed by atoms with van der Waals surface area (Å²) < 4.78 is 34.1. The highest BCUT2D eigenvalue weighted by Gasteiger charge is 2.53. The molecule has 0 aliphatic carbocycles. The SMILES string of the molecule is CCCC/C=C\C/C=C\CCCCCCCC(=O)NC(COC1OC(CO)C(OC2OC(CO)C(OC3OC(CO)C(O)C(O)C3O)C(O)C2O)C(O)C1O)C(O)/C=C/CC/C=C/CCCCCCCCCC. The van der Waals surface area contributed by atoms with E-state index in [9.17, 15) is 61.0 Å². The lowest BCUT2D eigenvalue weighted by molar-refractivity contribution is -0.379. The van der Waals surface area contributed by atoms with Gasteiger partial charge in [0.05, 0.1) is 38.6 Å². The minimum absolute atomic E-state index is 0.218. The molecule has 3 fully saturated rings. The number of nitrogens with one attached hydrogen (secondary N) is 1. The average Bonchev–Trinajstić information content (AvgIpc) is 3.39. The predicted octanol–water partition coefficient (Wildman–Crippen LogP) is 3.14. The largest absolute Gasteiger partial charge is 0.394 e. The van der Waals surface area contributed by atoms with Crippen LogP contribution in [0.15, 0.2) is 48.6 Å². The first kappa shape index (κ1) is 65.0. The van der Waals surface area contributed by atoms with Crippen molar-refractivity contribution in [2.45, 2.75) is 259 Å². The van der Waals surface area contributed by atoms with E-state index in [0.29, 0.717) is 12.8 Å². The Hall–Kier alpha value is -2.25. The molecule has 0 aromatic heterocycles. The van der Waals surface area contributed by atoms with Crippen molar-refractivity contribution < 1.29 is 89.4 Å². The molecule has 73 heavy (non-hydrogen) atoms. The van der Waals surface area contributed by atoms with Gasteiger partial charge < -0.3 is 89.9 Å². The lowest BCUT2D eigenvalue weighted by atomic mass is 9.96. The van der Waals surface area contributed by atoms with Crippen LogP contribution in [0.3, 0.4) is 0 Å². The van der Waals surface area contributed by atoms with Gasteiger partial charge in [-0.05, 0) is 57.8 Å². The summed E-state index contributed by atoms with van der Waals surface area (Å²) >= 11 is 0. The van der Waals surface area contributed by atoms with Crippen LogP contribution in [-0.2, 0) is 33.2 Å². The third-order valence-electron chi connectivity index (χ3n) is 13.6. The Morgan fingerprint density at radius 1 is 0.493 bits per heavy atom. The molecule has 0 aromatic rings. The highest BCUT2D eigenvalue weighted by atomic mass is 16.8. The van der Waals surface area contributed by atoms with E-state index >= 15 is 0 Å². The highest BCUT2D eigenvalue weighted by Crippen LogP contribution is 2.33. The number of hydrogen-bond acceptors (Lipinski definition) is 18. The molecule has 3 rings (SSSR count). The predicted molar refractivity (Wildman–Crippen MR) is 272 cm³/mol. The Bertz CT molecular complexity index is 1530. The Balaban J connectivity index is 1.56. The molecule has 19 nitrogen and oxygen atoms in total. The number of carbonyl (C=O) groups excluding carboxylic acids is 1. The number of carbonyl (C=O) groups is 1. The maximum Gasteiger partial charge on any atom is 0.220 e. The van der Waals surface area contributed by atoms with Crippen molar-refractivity contribution in [3.05, 3.63) is 48.6 Å². The van der Waals surface area contributed by atoms with Crippen molar-refractivity contribution in [2.75, 3.05) is 26.4 Å². The Morgan fingerprint density at radius 3 is 1.49 bits per heavy atom. The second kappa shape index (κ2) is 38.3. The fourth-order valence-electron chi connectivity index (χ4n) is 8.98. The second-order valence-electron chi connectivity index (χ2n) is 19.7. The molecule has 1 amide bonds. The van der Waals surface area contributed by atoms with Gasteiger partial charge in [0.2, 0.25) is 5.91 Å². The smallest absolute Gasteiger partial charge is 0.220 e. The van der Waals surface area contributed by atoms with Crippen LogP contribution < -0.4 is 5.32 Å². The summed E-state index contributed by atoms with van der Waals surface area (Å²) in [6.07, 6.45) is 12.5. The van der Waals surface area contributed by atoms with Gasteiger partial charge in [-0.1, -0.05) is 140 Å². The summed E-state index contributed by atoms with van der Waals surface area (Å²) in [7, 11) is 0. The maximum absolute atomic E-state index is 13.2. The van der Waals surface area contributed by atoms with Gasteiger partial charge in [-0.15, -0.1) is 0 Å². The Kier molecular flexibility index (Phi) is 34.1. The lowest BCUT2D eigenvalue weighted by Gasteiger charge is -2.48. The summed E-state index contributed by atoms with van der Waals surface area (Å²) in [5.41, 5.74) is 0. The zero-order chi connectivity index (χ0) is 53.4. The van der Waals surface area contributed by atoms with Gasteiger partial charge in [-0.3, -0.25) is 4.79 Å². The number of rotatable bonds is 38. The molecular weight excluding hydrogens is 951 g/mol. The van der Waals surface area contributed by atoms with Crippen LogP contribution in [-0.4, -0.2) is 193 Å². The molecule has 0 spiro atoms. The fraction of sp³-hybridized carbons (Fsp3) is 0.833. The van der Waals surface area contributed by atoms with Crippen LogP contribution in [0.25, 0.3) is 0 Å². The fourth-order valence-corrected chi connectivity index (χ4v) is 8.98. The molecular formula is C54H95NO18. The standard InChI is InChI=1S/C54H95NO18/c1-3-5-7-9-11-13-15-17-19-21-23-25-27-29-31-38(59)37(55-42(60)32-30-28-26-24-22-20-18-16-14-12-10-8-6-4-2)36-68-52-48(66)45(63)50(40(34-57)70-52)73-54-49(67)46(64)51(41(35-58)71-54)72-53-47(65)44(62)43(61)39(33-56)69-53/h10,12,16,18,21,23,29,31,37-41,43-54,56-59,61-67H,3-9,11,13-15,17,19-20,22,24-28,30,32-36H2,1-2H3,(H,55,60)/b12-10-,18-16-,23-21+,31-29+. The summed E-state index contributed by atoms with van der Waals surface area (Å²) in [4.78, 5) is 13.2. The number of aliphatic hydroxyl groups excluding tert-OH is 11. The zero-order valence-electron chi connectivity index (χ0n) is 43.6. The molecule has 0 saturated carbocycles. The Morgan fingerprint density at radius 2 is 0.932 bits per heavy atom. The molecule has 3 saturated heterocycles. The first-order chi connectivity index (χ1) is 35.3. The van der Waals surface area contributed by atoms with Gasteiger partial charge >= 0.3 is 0 Å². The summed E-state index contributed by atoms with van der Waals surface area (Å²) in [5, 5.41) is 120. The summed E-state index contributed by atoms with van der Waals surface area (Å²) in [5.74, 6) is -0.304. The molecule has 424 valence electrons. The molecule has 0 aromatic carbocycles. The number of hydrogen-bond donors (Lipinski definition) is 12. The third-order valence-corrected chi connectivity index (χ3v) is 13.6. The number of allylic oxidation sites excluding steroid dienone is 7. The van der Waals surface area contributed by atoms with Crippen molar-refractivity contribution in [2.24, 2.45) is 0 Å². The normalized spacial score (nSPS) is 32.1. The molecule has 17 unspecified atom stereocenters. The van der Waals surface area contributed by atoms with Crippen molar-refractivity contribution >= 4 is 5.91 Å². The number of ether oxygens (including phenoxy) is 6. The molecule has 17 atom stereocenters. The van der Waals surface area contributed by atoms with Crippen molar-refractivity contribution in [1.82, 2.24) is 5.32 Å². The van der Waals surface area contributed by atoms with E-state index in [4.69, 9.17) is 28.4 Å². The van der Waals surface area contributed by atoms with E-state index in [1.807, 2.05) is 6.08 Å². The van der Waals surface area contributed by atoms with E-state index in [1.165, 1.54) is 57.8 Å². The van der Waals surface area contributed by atoms with Gasteiger partial charge in [-0.2, -0.15) is 0 Å². The number of aliphatic hydroxyl groups is 11. The van der Waals surface area contributed by atoms with Crippen LogP contribution in [0.4, 0.5) is 0 Å². The zero-order valence-corrected chi connectivity index (χ0v) is 43.6. The quantitative estimate of drug-likeness (QED) is 0.0312. The van der Waals surface area contributed by atoms with E-state index in [1.54, 1.807) is 6.08 Å². The molecule has 3 aliphatic rings. The van der Waals surface area contributed by atoms with Gasteiger partial charge in [-0.25, -0.2) is 0 Å². The van der Waals surface area contributed by atoms with Gasteiger partial charge in [0, 0.05) is 6.42 Å². The number of unbranched alkanes of at least 4 members (excludes halogenated alkanes) is 16. The lowest BCUT2D eigenvalue weighted by Crippen LogP contribution is -2.66. The van der Waals surface area contributed by atoms with Crippen molar-refractivity contribution in [3.8, 4) is 0 Å². The van der Waals surface area contributed by atoms with Gasteiger partial charge in [0.25, 0.3) is 0 Å². The first-order valence-corrected chi connectivity index (χ1v) is 27.4. The molecule has 0 radical (unpaired) electrons. The monoisotopic (exact) mass is 1050 g/mol. The van der Waals surface area contributed by atoms with Crippen LogP contribution in [0.5, 0.6) is 0 Å². The second-order valence-corrected chi connectivity index (χ2v) is 19.7. The minimum Gasteiger partial charge on any atom is -0.394 e. The van der Waals surface area contributed by atoms with E-state index in [-0.39, 0.29) is 18.9 Å². The summed E-state index contributed by atoms with van der Waals surface area (Å²) in [6, 6.07) is -0.995. The van der Waals surface area contributed by atoms with E-state index in [2.05, 4.69) is 55.6 Å². The molecule has 0 bridgehead atoms. The summed E-state index contributed by atoms with van der Waals surface area (Å²) in [6.45, 7) is 1.60. The average molecular weight is 1050 g/mol. The van der Waals surface area contributed by atoms with Crippen LogP contribution in [0, 0.1) is 0 Å². The van der Waals surface area contributed by atoms with Crippen LogP contribution in [0.1, 0.15) is 155 Å². The molecule has 19 heteroatoms. The maximum atomic E-state index is 13.2. The topological polar surface area (TPSA) is 307 Å². The van der Waals surface area contributed by atoms with E-state index in [0.717, 1.165) is 64.2 Å². The van der Waals surface area contributed by atoms with Gasteiger partial charge in [0.1, 0.15) is 73.2 Å².